The largest absolute Gasteiger partial charge is 0.490 e. The smallest absolute Gasteiger partial charge is 0.306 e. The van der Waals surface area contributed by atoms with Gasteiger partial charge in [-0.25, -0.2) is 0 Å². The summed E-state index contributed by atoms with van der Waals surface area (Å²) in [6.07, 6.45) is 0.119. The van der Waals surface area contributed by atoms with Crippen LogP contribution in [0.1, 0.15) is 34.1 Å². The standard InChI is InChI=1S/C21H25ClO4/c1-14(2)24-21(23)13-15(3)16(4)25-18-9-11-20(12-10-18)26-19-7-5-17(22)6-8-19/h5-12,14-16H,13H2,1-4H3. The topological polar surface area (TPSA) is 44.8 Å². The van der Waals surface area contributed by atoms with Crippen molar-refractivity contribution in [1.29, 1.82) is 0 Å². The Kier molecular flexibility index (Phi) is 7.34. The van der Waals surface area contributed by atoms with Crippen LogP contribution in [0.4, 0.5) is 0 Å². The molecule has 26 heavy (non-hydrogen) atoms. The summed E-state index contributed by atoms with van der Waals surface area (Å²) < 4.78 is 16.9. The number of hydrogen-bond donors (Lipinski definition) is 0. The van der Waals surface area contributed by atoms with Crippen LogP contribution in [0.2, 0.25) is 5.02 Å². The monoisotopic (exact) mass is 376 g/mol. The highest BCUT2D eigenvalue weighted by atomic mass is 35.5. The maximum atomic E-state index is 11.8. The van der Waals surface area contributed by atoms with Gasteiger partial charge in [0.25, 0.3) is 0 Å². The Morgan fingerprint density at radius 3 is 1.92 bits per heavy atom. The van der Waals surface area contributed by atoms with E-state index < -0.39 is 0 Å². The summed E-state index contributed by atoms with van der Waals surface area (Å²) in [6.45, 7) is 7.61. The molecule has 0 radical (unpaired) electrons. The maximum absolute atomic E-state index is 11.8. The molecule has 0 N–H and O–H groups in total. The van der Waals surface area contributed by atoms with Crippen LogP contribution in [0.5, 0.6) is 17.2 Å². The molecule has 0 amide bonds. The van der Waals surface area contributed by atoms with Gasteiger partial charge in [0.05, 0.1) is 18.6 Å². The number of esters is 1. The zero-order chi connectivity index (χ0) is 19.1. The van der Waals surface area contributed by atoms with Crippen molar-refractivity contribution in [3.8, 4) is 17.2 Å². The normalized spacial score (nSPS) is 13.2. The number of carbonyl (C=O) groups is 1. The predicted molar refractivity (Wildman–Crippen MR) is 103 cm³/mol. The minimum absolute atomic E-state index is 0.0474. The first kappa shape index (κ1) is 20.1. The number of ether oxygens (including phenoxy) is 3. The van der Waals surface area contributed by atoms with Crippen molar-refractivity contribution in [3.63, 3.8) is 0 Å². The molecule has 0 aliphatic heterocycles. The summed E-state index contributed by atoms with van der Waals surface area (Å²) in [5.74, 6) is 2.00. The highest BCUT2D eigenvalue weighted by Crippen LogP contribution is 2.26. The van der Waals surface area contributed by atoms with Crippen LogP contribution in [0.25, 0.3) is 0 Å². The van der Waals surface area contributed by atoms with E-state index in [9.17, 15) is 4.79 Å². The second-order valence-corrected chi connectivity index (χ2v) is 7.01. The Morgan fingerprint density at radius 2 is 1.38 bits per heavy atom. The highest BCUT2D eigenvalue weighted by molar-refractivity contribution is 6.30. The van der Waals surface area contributed by atoms with Crippen LogP contribution in [0.3, 0.4) is 0 Å². The van der Waals surface area contributed by atoms with Gasteiger partial charge in [0.1, 0.15) is 17.2 Å². The first-order chi connectivity index (χ1) is 12.3. The second kappa shape index (κ2) is 9.48. The van der Waals surface area contributed by atoms with Crippen LogP contribution < -0.4 is 9.47 Å². The Hall–Kier alpha value is -2.20. The summed E-state index contributed by atoms with van der Waals surface area (Å²) in [5, 5.41) is 0.668. The van der Waals surface area contributed by atoms with Crippen LogP contribution in [0.15, 0.2) is 48.5 Å². The fourth-order valence-electron chi connectivity index (χ4n) is 2.30. The summed E-state index contributed by atoms with van der Waals surface area (Å²) in [4.78, 5) is 11.8. The van der Waals surface area contributed by atoms with E-state index in [0.717, 1.165) is 5.75 Å². The highest BCUT2D eigenvalue weighted by Gasteiger charge is 2.19. The van der Waals surface area contributed by atoms with E-state index in [-0.39, 0.29) is 24.1 Å². The SMILES string of the molecule is CC(C)OC(=O)CC(C)C(C)Oc1ccc(Oc2ccc(Cl)cc2)cc1. The van der Waals surface area contributed by atoms with E-state index in [0.29, 0.717) is 22.9 Å². The molecule has 2 rings (SSSR count). The molecule has 2 unspecified atom stereocenters. The van der Waals surface area contributed by atoms with Crippen molar-refractivity contribution in [3.05, 3.63) is 53.6 Å². The van der Waals surface area contributed by atoms with Crippen LogP contribution in [0, 0.1) is 5.92 Å². The Bertz CT molecular complexity index is 695. The van der Waals surface area contributed by atoms with Gasteiger partial charge in [0.2, 0.25) is 0 Å². The van der Waals surface area contributed by atoms with Gasteiger partial charge < -0.3 is 14.2 Å². The number of carbonyl (C=O) groups excluding carboxylic acids is 1. The van der Waals surface area contributed by atoms with Crippen molar-refractivity contribution >= 4 is 17.6 Å². The van der Waals surface area contributed by atoms with Gasteiger partial charge in [-0.1, -0.05) is 18.5 Å². The number of halogens is 1. The Labute approximate surface area is 160 Å². The molecule has 140 valence electrons. The molecule has 0 spiro atoms. The molecule has 0 bridgehead atoms. The minimum atomic E-state index is -0.199. The third-order valence-electron chi connectivity index (χ3n) is 3.85. The van der Waals surface area contributed by atoms with Crippen LogP contribution in [-0.4, -0.2) is 18.2 Å². The lowest BCUT2D eigenvalue weighted by molar-refractivity contribution is -0.149. The van der Waals surface area contributed by atoms with Gasteiger partial charge in [-0.2, -0.15) is 0 Å². The van der Waals surface area contributed by atoms with Crippen LogP contribution >= 0.6 is 11.6 Å². The lowest BCUT2D eigenvalue weighted by Crippen LogP contribution is -2.25. The molecule has 0 saturated heterocycles. The average Bonchev–Trinajstić information content (AvgIpc) is 2.57. The van der Waals surface area contributed by atoms with Crippen molar-refractivity contribution in [2.24, 2.45) is 5.92 Å². The third-order valence-corrected chi connectivity index (χ3v) is 4.10. The van der Waals surface area contributed by atoms with Gasteiger partial charge in [-0.3, -0.25) is 4.79 Å². The zero-order valence-electron chi connectivity index (χ0n) is 15.6. The molecule has 0 heterocycles. The molecule has 0 aliphatic rings. The van der Waals surface area contributed by atoms with Gasteiger partial charge in [-0.05, 0) is 69.3 Å². The first-order valence-electron chi connectivity index (χ1n) is 8.73. The van der Waals surface area contributed by atoms with Crippen LogP contribution in [-0.2, 0) is 9.53 Å². The number of rotatable bonds is 8. The van der Waals surface area contributed by atoms with Gasteiger partial charge in [0, 0.05) is 10.9 Å². The summed E-state index contributed by atoms with van der Waals surface area (Å²) >= 11 is 5.86. The van der Waals surface area contributed by atoms with E-state index in [1.54, 1.807) is 12.1 Å². The van der Waals surface area contributed by atoms with Gasteiger partial charge in [0.15, 0.2) is 0 Å². The number of hydrogen-bond acceptors (Lipinski definition) is 4. The molecule has 0 aliphatic carbocycles. The fourth-order valence-corrected chi connectivity index (χ4v) is 2.42. The van der Waals surface area contributed by atoms with Gasteiger partial charge >= 0.3 is 5.97 Å². The molecule has 2 atom stereocenters. The molecule has 0 saturated carbocycles. The minimum Gasteiger partial charge on any atom is -0.490 e. The lowest BCUT2D eigenvalue weighted by atomic mass is 10.0. The second-order valence-electron chi connectivity index (χ2n) is 6.57. The molecule has 2 aromatic rings. The molecular weight excluding hydrogens is 352 g/mol. The van der Waals surface area contributed by atoms with E-state index in [1.807, 2.05) is 64.1 Å². The van der Waals surface area contributed by atoms with E-state index in [4.69, 9.17) is 25.8 Å². The molecule has 5 heteroatoms. The van der Waals surface area contributed by atoms with Crippen molar-refractivity contribution in [2.75, 3.05) is 0 Å². The molecular formula is C21H25ClO4. The zero-order valence-corrected chi connectivity index (χ0v) is 16.3. The number of benzene rings is 2. The maximum Gasteiger partial charge on any atom is 0.306 e. The van der Waals surface area contributed by atoms with E-state index in [2.05, 4.69) is 0 Å². The predicted octanol–water partition coefficient (Wildman–Crippen LogP) is 5.88. The van der Waals surface area contributed by atoms with Crippen molar-refractivity contribution in [1.82, 2.24) is 0 Å². The third kappa shape index (κ3) is 6.60. The lowest BCUT2D eigenvalue weighted by Gasteiger charge is -2.21. The van der Waals surface area contributed by atoms with Gasteiger partial charge in [-0.15, -0.1) is 0 Å². The summed E-state index contributed by atoms with van der Waals surface area (Å²) in [7, 11) is 0. The quantitative estimate of drug-likeness (QED) is 0.540. The van der Waals surface area contributed by atoms with Crippen molar-refractivity contribution in [2.45, 2.75) is 46.3 Å². The Morgan fingerprint density at radius 1 is 0.885 bits per heavy atom. The average molecular weight is 377 g/mol. The Balaban J connectivity index is 1.87. The van der Waals surface area contributed by atoms with Crippen molar-refractivity contribution < 1.29 is 19.0 Å². The fraction of sp³-hybridized carbons (Fsp3) is 0.381. The molecule has 0 aromatic heterocycles. The summed E-state index contributed by atoms with van der Waals surface area (Å²) in [5.41, 5.74) is 0. The van der Waals surface area contributed by atoms with E-state index in [1.165, 1.54) is 0 Å². The molecule has 0 fully saturated rings. The molecule has 4 nitrogen and oxygen atoms in total. The molecule has 2 aromatic carbocycles. The first-order valence-corrected chi connectivity index (χ1v) is 9.11. The van der Waals surface area contributed by atoms with E-state index >= 15 is 0 Å². The summed E-state index contributed by atoms with van der Waals surface area (Å²) in [6, 6.07) is 14.6.